The number of furan rings is 1. The molecule has 0 radical (unpaired) electrons. The highest BCUT2D eigenvalue weighted by Crippen LogP contribution is 2.50. The van der Waals surface area contributed by atoms with Crippen LogP contribution in [0.5, 0.6) is 0 Å². The number of amidine groups is 1. The second-order valence-corrected chi connectivity index (χ2v) is 7.29. The van der Waals surface area contributed by atoms with Crippen LogP contribution < -0.4 is 5.32 Å². The highest BCUT2D eigenvalue weighted by Gasteiger charge is 2.66. The smallest absolute Gasteiger partial charge is 0.230 e. The fourth-order valence-electron chi connectivity index (χ4n) is 4.73. The molecule has 0 amide bonds. The van der Waals surface area contributed by atoms with Crippen LogP contribution in [0.3, 0.4) is 0 Å². The number of nitrogens with one attached hydrogen (secondary N) is 1. The Bertz CT molecular complexity index is 813. The predicted molar refractivity (Wildman–Crippen MR) is 88.1 cm³/mol. The Balaban J connectivity index is 1.51. The van der Waals surface area contributed by atoms with E-state index >= 15 is 0 Å². The number of rotatable bonds is 1. The fourth-order valence-corrected chi connectivity index (χ4v) is 4.73. The average molecular weight is 311 g/mol. The van der Waals surface area contributed by atoms with E-state index in [1.165, 1.54) is 6.42 Å². The lowest BCUT2D eigenvalue weighted by Crippen LogP contribution is -2.62. The van der Waals surface area contributed by atoms with Gasteiger partial charge in [-0.2, -0.15) is 0 Å². The van der Waals surface area contributed by atoms with Gasteiger partial charge in [-0.15, -0.1) is 0 Å². The molecule has 0 aliphatic carbocycles. The van der Waals surface area contributed by atoms with Crippen LogP contribution in [-0.4, -0.2) is 35.1 Å². The van der Waals surface area contributed by atoms with Gasteiger partial charge in [-0.05, 0) is 38.4 Å². The standard InChI is InChI=1S/C18H21N3O2/c1-12-11-21-8-3-7-17(21,2)18(12)19-16(20-23-18)14-5-4-13-6-9-22-15(13)10-14/h4-6,9-10,12H,3,7-8,11H2,1-2H3,(H,19,20). The SMILES string of the molecule is CC1CN2CCCC2(C)C12NC(c1ccc3ccoc3c1)=NO2. The van der Waals surface area contributed by atoms with Gasteiger partial charge in [-0.3, -0.25) is 4.90 Å². The van der Waals surface area contributed by atoms with E-state index < -0.39 is 5.72 Å². The minimum absolute atomic E-state index is 0.00640. The van der Waals surface area contributed by atoms with E-state index in [1.54, 1.807) is 6.26 Å². The lowest BCUT2D eigenvalue weighted by atomic mass is 9.82. The summed E-state index contributed by atoms with van der Waals surface area (Å²) in [6.45, 7) is 6.78. The molecule has 2 fully saturated rings. The van der Waals surface area contributed by atoms with Crippen molar-refractivity contribution < 1.29 is 9.25 Å². The first kappa shape index (κ1) is 13.4. The van der Waals surface area contributed by atoms with Crippen LogP contribution in [0, 0.1) is 5.92 Å². The van der Waals surface area contributed by atoms with Gasteiger partial charge < -0.3 is 14.6 Å². The molecule has 5 heteroatoms. The summed E-state index contributed by atoms with van der Waals surface area (Å²) < 4.78 is 5.51. The van der Waals surface area contributed by atoms with Crippen molar-refractivity contribution >= 4 is 16.8 Å². The molecular weight excluding hydrogens is 290 g/mol. The van der Waals surface area contributed by atoms with Crippen molar-refractivity contribution in [2.75, 3.05) is 13.1 Å². The minimum Gasteiger partial charge on any atom is -0.464 e. The molecule has 3 aliphatic rings. The van der Waals surface area contributed by atoms with Crippen molar-refractivity contribution in [2.45, 2.75) is 38.0 Å². The van der Waals surface area contributed by atoms with E-state index in [4.69, 9.17) is 9.25 Å². The van der Waals surface area contributed by atoms with Gasteiger partial charge in [0.2, 0.25) is 5.72 Å². The van der Waals surface area contributed by atoms with Gasteiger partial charge in [0.05, 0.1) is 11.8 Å². The molecule has 2 aromatic rings. The van der Waals surface area contributed by atoms with Gasteiger partial charge in [0.15, 0.2) is 5.84 Å². The Morgan fingerprint density at radius 3 is 3.17 bits per heavy atom. The number of nitrogens with zero attached hydrogens (tertiary/aromatic N) is 2. The first-order chi connectivity index (χ1) is 11.1. The normalized spacial score (nSPS) is 36.3. The number of hydrogen-bond donors (Lipinski definition) is 1. The minimum atomic E-state index is -0.420. The van der Waals surface area contributed by atoms with Crippen molar-refractivity contribution in [2.24, 2.45) is 11.1 Å². The Morgan fingerprint density at radius 2 is 2.26 bits per heavy atom. The maximum Gasteiger partial charge on any atom is 0.230 e. The van der Waals surface area contributed by atoms with Gasteiger partial charge in [-0.25, -0.2) is 0 Å². The van der Waals surface area contributed by atoms with E-state index in [1.807, 2.05) is 12.1 Å². The number of fused-ring (bicyclic) bond motifs is 3. The number of benzene rings is 1. The summed E-state index contributed by atoms with van der Waals surface area (Å²) in [4.78, 5) is 8.65. The van der Waals surface area contributed by atoms with Crippen LogP contribution in [-0.2, 0) is 4.84 Å². The summed E-state index contributed by atoms with van der Waals surface area (Å²) in [6, 6.07) is 8.13. The Hall–Kier alpha value is -2.01. The Labute approximate surface area is 135 Å². The molecule has 0 saturated carbocycles. The zero-order valence-electron chi connectivity index (χ0n) is 13.5. The van der Waals surface area contributed by atoms with Crippen molar-refractivity contribution in [1.29, 1.82) is 0 Å². The summed E-state index contributed by atoms with van der Waals surface area (Å²) in [5.74, 6) is 1.20. The molecule has 5 rings (SSSR count). The largest absolute Gasteiger partial charge is 0.464 e. The maximum atomic E-state index is 6.10. The van der Waals surface area contributed by atoms with Crippen LogP contribution in [0.2, 0.25) is 0 Å². The second kappa shape index (κ2) is 4.29. The molecule has 3 atom stereocenters. The third kappa shape index (κ3) is 1.58. The molecule has 3 aliphatic heterocycles. The molecule has 1 aromatic heterocycles. The van der Waals surface area contributed by atoms with Gasteiger partial charge >= 0.3 is 0 Å². The first-order valence-electron chi connectivity index (χ1n) is 8.39. The molecule has 0 bridgehead atoms. The monoisotopic (exact) mass is 311 g/mol. The molecular formula is C18H21N3O2. The fraction of sp³-hybridized carbons (Fsp3) is 0.500. The molecule has 23 heavy (non-hydrogen) atoms. The summed E-state index contributed by atoms with van der Waals surface area (Å²) in [6.07, 6.45) is 4.08. The lowest BCUT2D eigenvalue weighted by Gasteiger charge is -2.40. The molecule has 5 nitrogen and oxygen atoms in total. The Kier molecular flexibility index (Phi) is 2.51. The van der Waals surface area contributed by atoms with Gasteiger partial charge in [0.1, 0.15) is 5.58 Å². The van der Waals surface area contributed by atoms with Gasteiger partial charge in [-0.1, -0.05) is 24.2 Å². The molecule has 3 unspecified atom stereocenters. The quantitative estimate of drug-likeness (QED) is 0.880. The number of hydrogen-bond acceptors (Lipinski definition) is 5. The van der Waals surface area contributed by atoms with Crippen LogP contribution in [0.4, 0.5) is 0 Å². The molecule has 1 N–H and O–H groups in total. The molecule has 4 heterocycles. The summed E-state index contributed by atoms with van der Waals surface area (Å²) in [5.41, 5.74) is 1.47. The zero-order valence-corrected chi connectivity index (χ0v) is 13.5. The van der Waals surface area contributed by atoms with Crippen LogP contribution in [0.25, 0.3) is 11.0 Å². The van der Waals surface area contributed by atoms with Crippen molar-refractivity contribution in [3.8, 4) is 0 Å². The van der Waals surface area contributed by atoms with Gasteiger partial charge in [0, 0.05) is 23.4 Å². The maximum absolute atomic E-state index is 6.10. The average Bonchev–Trinajstić information content (AvgIpc) is 3.27. The third-order valence-electron chi connectivity index (χ3n) is 6.09. The van der Waals surface area contributed by atoms with Crippen LogP contribution in [0.15, 0.2) is 40.1 Å². The number of oxime groups is 1. The summed E-state index contributed by atoms with van der Waals surface area (Å²) >= 11 is 0. The van der Waals surface area contributed by atoms with Gasteiger partial charge in [0.25, 0.3) is 0 Å². The second-order valence-electron chi connectivity index (χ2n) is 7.29. The van der Waals surface area contributed by atoms with Crippen LogP contribution in [0.1, 0.15) is 32.3 Å². The Morgan fingerprint density at radius 1 is 1.35 bits per heavy atom. The van der Waals surface area contributed by atoms with Crippen molar-refractivity contribution in [3.05, 3.63) is 36.1 Å². The van der Waals surface area contributed by atoms with E-state index in [0.29, 0.717) is 5.92 Å². The predicted octanol–water partition coefficient (Wildman–Crippen LogP) is 2.91. The van der Waals surface area contributed by atoms with Crippen molar-refractivity contribution in [1.82, 2.24) is 10.2 Å². The molecule has 1 aromatic carbocycles. The molecule has 1 spiro atoms. The highest BCUT2D eigenvalue weighted by atomic mass is 16.7. The van der Waals surface area contributed by atoms with Crippen molar-refractivity contribution in [3.63, 3.8) is 0 Å². The topological polar surface area (TPSA) is 50.0 Å². The van der Waals surface area contributed by atoms with E-state index in [0.717, 1.165) is 41.9 Å². The highest BCUT2D eigenvalue weighted by molar-refractivity contribution is 6.02. The van der Waals surface area contributed by atoms with E-state index in [9.17, 15) is 0 Å². The summed E-state index contributed by atoms with van der Waals surface area (Å²) in [7, 11) is 0. The molecule has 2 saturated heterocycles. The summed E-state index contributed by atoms with van der Waals surface area (Å²) in [5, 5.41) is 9.17. The van der Waals surface area contributed by atoms with E-state index in [2.05, 4.69) is 41.4 Å². The van der Waals surface area contributed by atoms with Crippen LogP contribution >= 0.6 is 0 Å². The van der Waals surface area contributed by atoms with E-state index in [-0.39, 0.29) is 5.54 Å². The lowest BCUT2D eigenvalue weighted by molar-refractivity contribution is -0.111. The third-order valence-corrected chi connectivity index (χ3v) is 6.09. The molecule has 120 valence electrons. The zero-order chi connectivity index (χ0) is 15.7. The first-order valence-corrected chi connectivity index (χ1v) is 8.39.